The molecule has 0 bridgehead atoms. The molecule has 1 unspecified atom stereocenters. The van der Waals surface area contributed by atoms with Gasteiger partial charge < -0.3 is 4.74 Å². The summed E-state index contributed by atoms with van der Waals surface area (Å²) in [6.07, 6.45) is -0.413. The highest BCUT2D eigenvalue weighted by Crippen LogP contribution is 2.24. The van der Waals surface area contributed by atoms with Crippen LogP contribution in [0.15, 0.2) is 57.9 Å². The first kappa shape index (κ1) is 18.4. The first-order chi connectivity index (χ1) is 11.3. The van der Waals surface area contributed by atoms with Crippen molar-refractivity contribution in [3.63, 3.8) is 0 Å². The highest BCUT2D eigenvalue weighted by Gasteiger charge is 2.20. The standard InChI is InChI=1S/C15H15BrN2O5S/c1-11(23-14-5-3-2-4-6-14)10-17-24(21,22)15-8-12(16)7-13(9-15)18(19)20/h2-9,11,17H,10H2,1H3. The summed E-state index contributed by atoms with van der Waals surface area (Å²) < 4.78 is 32.9. The summed E-state index contributed by atoms with van der Waals surface area (Å²) in [4.78, 5) is 10.0. The second-order valence-electron chi connectivity index (χ2n) is 5.00. The van der Waals surface area contributed by atoms with Gasteiger partial charge in [-0.1, -0.05) is 34.1 Å². The Morgan fingerprint density at radius 1 is 1.25 bits per heavy atom. The number of non-ortho nitro benzene ring substituents is 1. The lowest BCUT2D eigenvalue weighted by molar-refractivity contribution is -0.385. The first-order valence-corrected chi connectivity index (χ1v) is 9.22. The fraction of sp³-hybridized carbons (Fsp3) is 0.200. The molecule has 9 heteroatoms. The van der Waals surface area contributed by atoms with Crippen molar-refractivity contribution in [2.75, 3.05) is 6.54 Å². The Balaban J connectivity index is 2.07. The van der Waals surface area contributed by atoms with E-state index in [1.165, 1.54) is 12.1 Å². The number of nitrogens with one attached hydrogen (secondary N) is 1. The van der Waals surface area contributed by atoms with Crippen LogP contribution in [0.25, 0.3) is 0 Å². The Labute approximate surface area is 148 Å². The molecule has 7 nitrogen and oxygen atoms in total. The van der Waals surface area contributed by atoms with Crippen LogP contribution in [0.2, 0.25) is 0 Å². The van der Waals surface area contributed by atoms with E-state index in [0.29, 0.717) is 10.2 Å². The van der Waals surface area contributed by atoms with E-state index in [1.54, 1.807) is 19.1 Å². The van der Waals surface area contributed by atoms with Gasteiger partial charge in [0.25, 0.3) is 5.69 Å². The van der Waals surface area contributed by atoms with Crippen LogP contribution in [0.5, 0.6) is 5.75 Å². The largest absolute Gasteiger partial charge is 0.489 e. The van der Waals surface area contributed by atoms with E-state index in [-0.39, 0.29) is 17.1 Å². The van der Waals surface area contributed by atoms with Gasteiger partial charge in [0.05, 0.1) is 9.82 Å². The fourth-order valence-electron chi connectivity index (χ4n) is 1.89. The van der Waals surface area contributed by atoms with E-state index in [4.69, 9.17) is 4.74 Å². The van der Waals surface area contributed by atoms with Crippen molar-refractivity contribution in [2.45, 2.75) is 17.9 Å². The minimum absolute atomic E-state index is 0.0253. The van der Waals surface area contributed by atoms with Gasteiger partial charge in [0.2, 0.25) is 10.0 Å². The summed E-state index contributed by atoms with van der Waals surface area (Å²) in [5.41, 5.74) is -0.307. The summed E-state index contributed by atoms with van der Waals surface area (Å²) in [5, 5.41) is 10.9. The van der Waals surface area contributed by atoms with Crippen molar-refractivity contribution in [1.82, 2.24) is 4.72 Å². The van der Waals surface area contributed by atoms with Crippen LogP contribution in [-0.4, -0.2) is 26.0 Å². The van der Waals surface area contributed by atoms with Crippen molar-refractivity contribution >= 4 is 31.6 Å². The molecule has 1 N–H and O–H groups in total. The number of halogens is 1. The quantitative estimate of drug-likeness (QED) is 0.554. The first-order valence-electron chi connectivity index (χ1n) is 6.94. The van der Waals surface area contributed by atoms with Gasteiger partial charge in [-0.25, -0.2) is 13.1 Å². The Bertz CT molecular complexity index is 827. The second-order valence-corrected chi connectivity index (χ2v) is 7.68. The van der Waals surface area contributed by atoms with Crippen LogP contribution >= 0.6 is 15.9 Å². The minimum Gasteiger partial charge on any atom is -0.489 e. The normalized spacial score (nSPS) is 12.6. The number of para-hydroxylation sites is 1. The lowest BCUT2D eigenvalue weighted by Crippen LogP contribution is -2.33. The average molecular weight is 415 g/mol. The van der Waals surface area contributed by atoms with Crippen molar-refractivity contribution in [1.29, 1.82) is 0 Å². The zero-order valence-electron chi connectivity index (χ0n) is 12.7. The molecule has 0 aliphatic rings. The molecule has 0 aromatic heterocycles. The molecule has 2 rings (SSSR count). The van der Waals surface area contributed by atoms with Crippen molar-refractivity contribution in [3.05, 3.63) is 63.1 Å². The predicted octanol–water partition coefficient (Wildman–Crippen LogP) is 3.10. The summed E-state index contributed by atoms with van der Waals surface area (Å²) in [6.45, 7) is 1.75. The van der Waals surface area contributed by atoms with E-state index in [0.717, 1.165) is 6.07 Å². The molecule has 128 valence electrons. The smallest absolute Gasteiger partial charge is 0.271 e. The molecular weight excluding hydrogens is 400 g/mol. The van der Waals surface area contributed by atoms with Crippen LogP contribution in [0.1, 0.15) is 6.92 Å². The molecule has 0 spiro atoms. The number of nitrogens with zero attached hydrogens (tertiary/aromatic N) is 1. The average Bonchev–Trinajstić information content (AvgIpc) is 2.53. The molecule has 0 fully saturated rings. The molecule has 0 aliphatic heterocycles. The van der Waals surface area contributed by atoms with Gasteiger partial charge in [-0.3, -0.25) is 10.1 Å². The number of hydrogen-bond donors (Lipinski definition) is 1. The molecule has 1 atom stereocenters. The number of sulfonamides is 1. The van der Waals surface area contributed by atoms with Crippen molar-refractivity contribution < 1.29 is 18.1 Å². The lowest BCUT2D eigenvalue weighted by Gasteiger charge is -2.15. The Morgan fingerprint density at radius 2 is 1.92 bits per heavy atom. The van der Waals surface area contributed by atoms with Gasteiger partial charge in [0.1, 0.15) is 11.9 Å². The molecular formula is C15H15BrN2O5S. The van der Waals surface area contributed by atoms with Gasteiger partial charge in [0, 0.05) is 23.2 Å². The van der Waals surface area contributed by atoms with Crippen LogP contribution in [0, 0.1) is 10.1 Å². The highest BCUT2D eigenvalue weighted by atomic mass is 79.9. The third-order valence-electron chi connectivity index (χ3n) is 3.02. The zero-order chi connectivity index (χ0) is 17.7. The summed E-state index contributed by atoms with van der Waals surface area (Å²) in [7, 11) is -3.89. The summed E-state index contributed by atoms with van der Waals surface area (Å²) in [6, 6.07) is 12.6. The predicted molar refractivity (Wildman–Crippen MR) is 92.5 cm³/mol. The Hall–Kier alpha value is -1.97. The lowest BCUT2D eigenvalue weighted by atomic mass is 10.3. The Kier molecular flexibility index (Phi) is 5.92. The van der Waals surface area contributed by atoms with Gasteiger partial charge in [-0.2, -0.15) is 0 Å². The minimum atomic E-state index is -3.89. The van der Waals surface area contributed by atoms with Crippen LogP contribution in [0.3, 0.4) is 0 Å². The van der Waals surface area contributed by atoms with Gasteiger partial charge >= 0.3 is 0 Å². The molecule has 24 heavy (non-hydrogen) atoms. The van der Waals surface area contributed by atoms with Crippen LogP contribution in [-0.2, 0) is 10.0 Å². The zero-order valence-corrected chi connectivity index (χ0v) is 15.1. The molecule has 2 aromatic carbocycles. The number of ether oxygens (including phenoxy) is 1. The number of nitro benzene ring substituents is 1. The molecule has 0 aliphatic carbocycles. The molecule has 0 radical (unpaired) electrons. The monoisotopic (exact) mass is 414 g/mol. The SMILES string of the molecule is CC(CNS(=O)(=O)c1cc(Br)cc([N+](=O)[O-])c1)Oc1ccccc1. The van der Waals surface area contributed by atoms with Gasteiger partial charge in [-0.15, -0.1) is 0 Å². The maximum absolute atomic E-state index is 12.3. The molecule has 2 aromatic rings. The van der Waals surface area contributed by atoms with Crippen LogP contribution < -0.4 is 9.46 Å². The maximum atomic E-state index is 12.3. The van der Waals surface area contributed by atoms with Gasteiger partial charge in [0.15, 0.2) is 0 Å². The molecule has 0 saturated heterocycles. The fourth-order valence-corrected chi connectivity index (χ4v) is 3.70. The van der Waals surface area contributed by atoms with Crippen LogP contribution in [0.4, 0.5) is 5.69 Å². The van der Waals surface area contributed by atoms with E-state index < -0.39 is 21.1 Å². The molecule has 0 amide bonds. The highest BCUT2D eigenvalue weighted by molar-refractivity contribution is 9.10. The number of rotatable bonds is 7. The van der Waals surface area contributed by atoms with Crippen molar-refractivity contribution in [3.8, 4) is 5.75 Å². The number of nitro groups is 1. The van der Waals surface area contributed by atoms with E-state index >= 15 is 0 Å². The topological polar surface area (TPSA) is 98.5 Å². The summed E-state index contributed by atoms with van der Waals surface area (Å²) >= 11 is 3.08. The number of benzene rings is 2. The van der Waals surface area contributed by atoms with E-state index in [1.807, 2.05) is 18.2 Å². The third-order valence-corrected chi connectivity index (χ3v) is 4.88. The van der Waals surface area contributed by atoms with E-state index in [9.17, 15) is 18.5 Å². The van der Waals surface area contributed by atoms with Crippen molar-refractivity contribution in [2.24, 2.45) is 0 Å². The molecule has 0 saturated carbocycles. The maximum Gasteiger partial charge on any atom is 0.271 e. The summed E-state index contributed by atoms with van der Waals surface area (Å²) in [5.74, 6) is 0.627. The van der Waals surface area contributed by atoms with Gasteiger partial charge in [-0.05, 0) is 25.1 Å². The van der Waals surface area contributed by atoms with E-state index in [2.05, 4.69) is 20.7 Å². The number of hydrogen-bond acceptors (Lipinski definition) is 5. The Morgan fingerprint density at radius 3 is 2.54 bits per heavy atom. The third kappa shape index (κ3) is 5.02. The molecule has 0 heterocycles. The second kappa shape index (κ2) is 7.73.